The molecule has 4 amide bonds. The first kappa shape index (κ1) is 19.5. The lowest BCUT2D eigenvalue weighted by Gasteiger charge is -2.31. The van der Waals surface area contributed by atoms with Gasteiger partial charge in [0.2, 0.25) is 0 Å². The van der Waals surface area contributed by atoms with E-state index >= 15 is 0 Å². The zero-order valence-electron chi connectivity index (χ0n) is 16.1. The van der Waals surface area contributed by atoms with Crippen molar-refractivity contribution in [1.29, 1.82) is 0 Å². The molecule has 152 valence electrons. The summed E-state index contributed by atoms with van der Waals surface area (Å²) >= 11 is 0. The summed E-state index contributed by atoms with van der Waals surface area (Å²) in [6.45, 7) is 2.11. The molecule has 2 heterocycles. The third-order valence-electron chi connectivity index (χ3n) is 5.15. The van der Waals surface area contributed by atoms with E-state index in [1.165, 1.54) is 29.2 Å². The van der Waals surface area contributed by atoms with Crippen LogP contribution in [0.4, 0.5) is 9.18 Å². The van der Waals surface area contributed by atoms with Crippen LogP contribution in [0.3, 0.4) is 0 Å². The minimum Gasteiger partial charge on any atom is -0.481 e. The normalized spacial score (nSPS) is 19.7. The van der Waals surface area contributed by atoms with Crippen molar-refractivity contribution < 1.29 is 23.5 Å². The van der Waals surface area contributed by atoms with Gasteiger partial charge >= 0.3 is 6.03 Å². The molecule has 30 heavy (non-hydrogen) atoms. The van der Waals surface area contributed by atoms with Gasteiger partial charge in [0.15, 0.2) is 5.54 Å². The number of carbonyl (C=O) groups excluding carboxylic acids is 3. The van der Waals surface area contributed by atoms with Gasteiger partial charge in [-0.05, 0) is 48.4 Å². The summed E-state index contributed by atoms with van der Waals surface area (Å²) in [5.41, 5.74) is 0.139. The third kappa shape index (κ3) is 3.35. The van der Waals surface area contributed by atoms with Gasteiger partial charge < -0.3 is 15.0 Å². The number of urea groups is 1. The largest absolute Gasteiger partial charge is 0.481 e. The Kier molecular flexibility index (Phi) is 4.88. The van der Waals surface area contributed by atoms with Crippen molar-refractivity contribution in [3.05, 3.63) is 65.0 Å². The van der Waals surface area contributed by atoms with E-state index in [2.05, 4.69) is 22.5 Å². The van der Waals surface area contributed by atoms with Crippen LogP contribution < -0.4 is 15.4 Å². The molecule has 0 aromatic heterocycles. The smallest absolute Gasteiger partial charge is 0.322 e. The van der Waals surface area contributed by atoms with E-state index in [1.54, 1.807) is 25.1 Å². The van der Waals surface area contributed by atoms with Gasteiger partial charge in [-0.15, -0.1) is 5.92 Å². The summed E-state index contributed by atoms with van der Waals surface area (Å²) in [5.74, 6) is 4.81. The fraction of sp³-hybridized carbons (Fsp3) is 0.227. The Morgan fingerprint density at radius 1 is 1.17 bits per heavy atom. The van der Waals surface area contributed by atoms with Crippen LogP contribution in [0, 0.1) is 17.7 Å². The lowest BCUT2D eigenvalue weighted by molar-refractivity contribution is -0.124. The van der Waals surface area contributed by atoms with E-state index in [0.717, 1.165) is 5.56 Å². The average Bonchev–Trinajstić information content (AvgIpc) is 3.18. The zero-order valence-corrected chi connectivity index (χ0v) is 16.1. The fourth-order valence-corrected chi connectivity index (χ4v) is 3.68. The Morgan fingerprint density at radius 2 is 1.93 bits per heavy atom. The van der Waals surface area contributed by atoms with Crippen molar-refractivity contribution in [2.45, 2.75) is 19.0 Å². The van der Waals surface area contributed by atoms with Crippen LogP contribution in [0.2, 0.25) is 0 Å². The van der Waals surface area contributed by atoms with Crippen molar-refractivity contribution in [1.82, 2.24) is 15.5 Å². The van der Waals surface area contributed by atoms with Gasteiger partial charge in [0.05, 0.1) is 6.54 Å². The predicted molar refractivity (Wildman–Crippen MR) is 105 cm³/mol. The summed E-state index contributed by atoms with van der Waals surface area (Å²) in [7, 11) is 0. The molecule has 2 aliphatic heterocycles. The fourth-order valence-electron chi connectivity index (χ4n) is 3.68. The number of halogens is 1. The lowest BCUT2D eigenvalue weighted by Crippen LogP contribution is -2.52. The van der Waals surface area contributed by atoms with Crippen LogP contribution in [-0.4, -0.2) is 35.9 Å². The van der Waals surface area contributed by atoms with E-state index in [0.29, 0.717) is 16.9 Å². The highest BCUT2D eigenvalue weighted by Gasteiger charge is 2.50. The molecular weight excluding hydrogens is 389 g/mol. The van der Waals surface area contributed by atoms with E-state index < -0.39 is 23.3 Å². The molecule has 1 atom stereocenters. The van der Waals surface area contributed by atoms with Gasteiger partial charge in [-0.1, -0.05) is 18.1 Å². The van der Waals surface area contributed by atoms with E-state index in [1.807, 2.05) is 0 Å². The number of imide groups is 1. The molecule has 0 unspecified atom stereocenters. The lowest BCUT2D eigenvalue weighted by atomic mass is 9.89. The number of benzene rings is 2. The van der Waals surface area contributed by atoms with Gasteiger partial charge in [-0.2, -0.15) is 0 Å². The standard InChI is InChI=1S/C22H18FN3O4/c1-2-3-10-30-17-8-9-18-14(11-17)12-26(19(18)27)13-22(20(28)24-21(29)25-22)15-4-6-16(23)7-5-15/h4-9,11H,10,12-13H2,1H3,(H2,24,25,28,29)/t22-/m0/s1. The number of carbonyl (C=O) groups is 3. The van der Waals surface area contributed by atoms with Gasteiger partial charge in [-0.3, -0.25) is 14.9 Å². The summed E-state index contributed by atoms with van der Waals surface area (Å²) in [6.07, 6.45) is 0. The summed E-state index contributed by atoms with van der Waals surface area (Å²) < 4.78 is 18.9. The minimum atomic E-state index is -1.50. The molecule has 7 nitrogen and oxygen atoms in total. The van der Waals surface area contributed by atoms with Gasteiger partial charge in [-0.25, -0.2) is 9.18 Å². The second-order valence-electron chi connectivity index (χ2n) is 7.02. The summed E-state index contributed by atoms with van der Waals surface area (Å²) in [4.78, 5) is 39.0. The Balaban J connectivity index is 1.61. The maximum Gasteiger partial charge on any atom is 0.322 e. The number of rotatable bonds is 5. The maximum absolute atomic E-state index is 13.4. The molecule has 2 N–H and O–H groups in total. The molecule has 4 rings (SSSR count). The number of nitrogens with zero attached hydrogens (tertiary/aromatic N) is 1. The molecule has 1 fully saturated rings. The first-order valence-corrected chi connectivity index (χ1v) is 9.27. The van der Waals surface area contributed by atoms with Crippen molar-refractivity contribution >= 4 is 17.8 Å². The third-order valence-corrected chi connectivity index (χ3v) is 5.15. The van der Waals surface area contributed by atoms with Crippen LogP contribution in [0.1, 0.15) is 28.4 Å². The Bertz CT molecular complexity index is 1100. The number of hydrogen-bond donors (Lipinski definition) is 2. The quantitative estimate of drug-likeness (QED) is 0.586. The SMILES string of the molecule is CC#CCOc1ccc2c(c1)CN(C[C@@]1(c3ccc(F)cc3)NC(=O)NC1=O)C2=O. The van der Waals surface area contributed by atoms with Crippen LogP contribution >= 0.6 is 0 Å². The summed E-state index contributed by atoms with van der Waals surface area (Å²) in [6, 6.07) is 9.73. The molecule has 0 aliphatic carbocycles. The van der Waals surface area contributed by atoms with Crippen LogP contribution in [0.25, 0.3) is 0 Å². The highest BCUT2D eigenvalue weighted by molar-refractivity contribution is 6.08. The first-order valence-electron chi connectivity index (χ1n) is 9.27. The van der Waals surface area contributed by atoms with Crippen LogP contribution in [0.15, 0.2) is 42.5 Å². The Labute approximate surface area is 172 Å². The zero-order chi connectivity index (χ0) is 21.3. The minimum absolute atomic E-state index is 0.0960. The molecule has 0 radical (unpaired) electrons. The monoisotopic (exact) mass is 407 g/mol. The topological polar surface area (TPSA) is 87.7 Å². The van der Waals surface area contributed by atoms with Crippen molar-refractivity contribution in [3.63, 3.8) is 0 Å². The second-order valence-corrected chi connectivity index (χ2v) is 7.02. The molecule has 2 aromatic rings. The van der Waals surface area contributed by atoms with Gasteiger partial charge in [0.1, 0.15) is 18.2 Å². The number of fused-ring (bicyclic) bond motifs is 1. The molecule has 2 aliphatic rings. The predicted octanol–water partition coefficient (Wildman–Crippen LogP) is 1.92. The molecular formula is C22H18FN3O4. The average molecular weight is 407 g/mol. The highest BCUT2D eigenvalue weighted by atomic mass is 19.1. The molecule has 2 aromatic carbocycles. The van der Waals surface area contributed by atoms with Crippen molar-refractivity contribution in [3.8, 4) is 17.6 Å². The molecule has 0 bridgehead atoms. The van der Waals surface area contributed by atoms with E-state index in [9.17, 15) is 18.8 Å². The second kappa shape index (κ2) is 7.52. The van der Waals surface area contributed by atoms with Crippen LogP contribution in [-0.2, 0) is 16.9 Å². The number of nitrogens with one attached hydrogen (secondary N) is 2. The summed E-state index contributed by atoms with van der Waals surface area (Å²) in [5, 5.41) is 4.83. The number of hydrogen-bond acceptors (Lipinski definition) is 4. The van der Waals surface area contributed by atoms with Crippen LogP contribution in [0.5, 0.6) is 5.75 Å². The van der Waals surface area contributed by atoms with Crippen molar-refractivity contribution in [2.24, 2.45) is 0 Å². The Hall–Kier alpha value is -3.86. The van der Waals surface area contributed by atoms with Gasteiger partial charge in [0.25, 0.3) is 11.8 Å². The number of ether oxygens (including phenoxy) is 1. The Morgan fingerprint density at radius 3 is 2.60 bits per heavy atom. The van der Waals surface area contributed by atoms with E-state index in [-0.39, 0.29) is 25.6 Å². The molecule has 0 spiro atoms. The van der Waals surface area contributed by atoms with Gasteiger partial charge in [0, 0.05) is 12.1 Å². The maximum atomic E-state index is 13.4. The highest BCUT2D eigenvalue weighted by Crippen LogP contribution is 2.32. The molecule has 8 heteroatoms. The number of amides is 4. The first-order chi connectivity index (χ1) is 14.4. The molecule has 0 saturated carbocycles. The molecule has 1 saturated heterocycles. The van der Waals surface area contributed by atoms with E-state index in [4.69, 9.17) is 4.74 Å². The van der Waals surface area contributed by atoms with Crippen molar-refractivity contribution in [2.75, 3.05) is 13.2 Å².